The van der Waals surface area contributed by atoms with Crippen LogP contribution < -0.4 is 10.6 Å². The molecule has 0 aromatic heterocycles. The number of anilines is 1. The van der Waals surface area contributed by atoms with Gasteiger partial charge in [0.25, 0.3) is 0 Å². The smallest absolute Gasteiger partial charge is 0.240 e. The van der Waals surface area contributed by atoms with E-state index >= 15 is 0 Å². The van der Waals surface area contributed by atoms with Crippen molar-refractivity contribution in [2.75, 3.05) is 11.9 Å². The van der Waals surface area contributed by atoms with Crippen molar-refractivity contribution in [3.63, 3.8) is 0 Å². The molecule has 1 aliphatic rings. The molecule has 2 rings (SSSR count). The van der Waals surface area contributed by atoms with Crippen molar-refractivity contribution < 1.29 is 4.79 Å². The zero-order valence-electron chi connectivity index (χ0n) is 12.8. The van der Waals surface area contributed by atoms with Crippen molar-refractivity contribution in [3.8, 4) is 6.07 Å². The second-order valence-corrected chi connectivity index (χ2v) is 5.92. The lowest BCUT2D eigenvalue weighted by molar-refractivity contribution is -0.121. The fourth-order valence-corrected chi connectivity index (χ4v) is 2.99. The van der Waals surface area contributed by atoms with E-state index in [9.17, 15) is 10.1 Å². The molecule has 0 heterocycles. The quantitative estimate of drug-likeness (QED) is 0.893. The first-order chi connectivity index (χ1) is 10.1. The largest absolute Gasteiger partial charge is 0.376 e. The molecule has 4 heteroatoms. The van der Waals surface area contributed by atoms with Gasteiger partial charge in [-0.25, -0.2) is 0 Å². The Morgan fingerprint density at radius 3 is 2.43 bits per heavy atom. The maximum absolute atomic E-state index is 12.1. The highest BCUT2D eigenvalue weighted by Crippen LogP contribution is 2.27. The van der Waals surface area contributed by atoms with Gasteiger partial charge in [-0.2, -0.15) is 5.26 Å². The molecule has 1 fully saturated rings. The highest BCUT2D eigenvalue weighted by Gasteiger charge is 2.33. The maximum Gasteiger partial charge on any atom is 0.240 e. The third-order valence-electron chi connectivity index (χ3n) is 4.21. The van der Waals surface area contributed by atoms with E-state index in [1.54, 1.807) is 0 Å². The van der Waals surface area contributed by atoms with E-state index in [-0.39, 0.29) is 12.5 Å². The number of hydrogen-bond donors (Lipinski definition) is 2. The number of nitrogens with zero attached hydrogens (tertiary/aromatic N) is 1. The number of carbonyl (C=O) groups is 1. The number of rotatable bonds is 4. The highest BCUT2D eigenvalue weighted by atomic mass is 16.2. The summed E-state index contributed by atoms with van der Waals surface area (Å²) >= 11 is 0. The number of aryl methyl sites for hydroxylation is 2. The van der Waals surface area contributed by atoms with Gasteiger partial charge in [0.05, 0.1) is 12.6 Å². The summed E-state index contributed by atoms with van der Waals surface area (Å²) in [4.78, 5) is 12.1. The van der Waals surface area contributed by atoms with Crippen molar-refractivity contribution >= 4 is 11.6 Å². The molecule has 1 aromatic carbocycles. The minimum Gasteiger partial charge on any atom is -0.376 e. The molecule has 21 heavy (non-hydrogen) atoms. The van der Waals surface area contributed by atoms with Crippen LogP contribution in [0.3, 0.4) is 0 Å². The summed E-state index contributed by atoms with van der Waals surface area (Å²) in [5, 5.41) is 15.5. The van der Waals surface area contributed by atoms with Crippen LogP contribution in [0.1, 0.15) is 43.2 Å². The second kappa shape index (κ2) is 6.62. The molecular formula is C17H23N3O. The molecule has 2 N–H and O–H groups in total. The summed E-state index contributed by atoms with van der Waals surface area (Å²) in [5.41, 5.74) is 2.59. The SMILES string of the molecule is Cc1cccc(C)c1NCC(=O)NC1(C#N)CCCCC1. The molecule has 112 valence electrons. The maximum atomic E-state index is 12.1. The Bertz CT molecular complexity index is 533. The van der Waals surface area contributed by atoms with E-state index < -0.39 is 5.54 Å². The van der Waals surface area contributed by atoms with Gasteiger partial charge in [-0.1, -0.05) is 37.5 Å². The Labute approximate surface area is 126 Å². The first-order valence-electron chi connectivity index (χ1n) is 7.59. The monoisotopic (exact) mass is 285 g/mol. The first-order valence-corrected chi connectivity index (χ1v) is 7.59. The van der Waals surface area contributed by atoms with Crippen LogP contribution in [-0.4, -0.2) is 18.0 Å². The normalized spacial score (nSPS) is 16.8. The number of amides is 1. The van der Waals surface area contributed by atoms with Gasteiger partial charge in [-0.05, 0) is 37.8 Å². The second-order valence-electron chi connectivity index (χ2n) is 5.92. The number of hydrogen-bond acceptors (Lipinski definition) is 3. The number of benzene rings is 1. The lowest BCUT2D eigenvalue weighted by atomic mass is 9.83. The van der Waals surface area contributed by atoms with Gasteiger partial charge < -0.3 is 10.6 Å². The van der Waals surface area contributed by atoms with Crippen LogP contribution in [0.5, 0.6) is 0 Å². The molecule has 4 nitrogen and oxygen atoms in total. The van der Waals surface area contributed by atoms with Crippen molar-refractivity contribution in [1.29, 1.82) is 5.26 Å². The van der Waals surface area contributed by atoms with Crippen LogP contribution in [-0.2, 0) is 4.79 Å². The van der Waals surface area contributed by atoms with Crippen LogP contribution in [0.2, 0.25) is 0 Å². The molecule has 1 amide bonds. The lowest BCUT2D eigenvalue weighted by Crippen LogP contribution is -2.50. The average molecular weight is 285 g/mol. The van der Waals surface area contributed by atoms with Crippen molar-refractivity contribution in [2.24, 2.45) is 0 Å². The zero-order valence-corrected chi connectivity index (χ0v) is 12.8. The van der Waals surface area contributed by atoms with Gasteiger partial charge >= 0.3 is 0 Å². The predicted molar refractivity (Wildman–Crippen MR) is 84.0 cm³/mol. The Morgan fingerprint density at radius 2 is 1.86 bits per heavy atom. The van der Waals surface area contributed by atoms with Crippen molar-refractivity contribution in [2.45, 2.75) is 51.5 Å². The Morgan fingerprint density at radius 1 is 1.24 bits per heavy atom. The molecule has 0 unspecified atom stereocenters. The Hall–Kier alpha value is -2.02. The molecule has 0 bridgehead atoms. The van der Waals surface area contributed by atoms with E-state index in [0.29, 0.717) is 0 Å². The van der Waals surface area contributed by atoms with Gasteiger partial charge in [0.1, 0.15) is 5.54 Å². The standard InChI is InChI=1S/C17H23N3O/c1-13-7-6-8-14(2)16(13)19-11-15(21)20-17(12-18)9-4-3-5-10-17/h6-8,19H,3-5,9-11H2,1-2H3,(H,20,21). The topological polar surface area (TPSA) is 64.9 Å². The molecule has 1 saturated carbocycles. The molecular weight excluding hydrogens is 262 g/mol. The minimum atomic E-state index is -0.655. The zero-order chi connectivity index (χ0) is 15.3. The third-order valence-corrected chi connectivity index (χ3v) is 4.21. The van der Waals surface area contributed by atoms with Crippen LogP contribution >= 0.6 is 0 Å². The third kappa shape index (κ3) is 3.75. The predicted octanol–water partition coefficient (Wildman–Crippen LogP) is 3.06. The Kier molecular flexibility index (Phi) is 4.85. The van der Waals surface area contributed by atoms with Gasteiger partial charge in [0.15, 0.2) is 0 Å². The number of carbonyl (C=O) groups excluding carboxylic acids is 1. The molecule has 0 aliphatic heterocycles. The van der Waals surface area contributed by atoms with E-state index in [4.69, 9.17) is 0 Å². The summed E-state index contributed by atoms with van der Waals surface area (Å²) in [6.45, 7) is 4.24. The Balaban J connectivity index is 1.94. The molecule has 0 atom stereocenters. The van der Waals surface area contributed by atoms with Crippen LogP contribution in [0, 0.1) is 25.2 Å². The van der Waals surface area contributed by atoms with Gasteiger partial charge in [0.2, 0.25) is 5.91 Å². The van der Waals surface area contributed by atoms with Gasteiger partial charge in [-0.15, -0.1) is 0 Å². The van der Waals surface area contributed by atoms with Crippen LogP contribution in [0.4, 0.5) is 5.69 Å². The average Bonchev–Trinajstić information content (AvgIpc) is 2.47. The van der Waals surface area contributed by atoms with Crippen molar-refractivity contribution in [1.82, 2.24) is 5.32 Å². The molecule has 0 saturated heterocycles. The van der Waals surface area contributed by atoms with E-state index in [1.807, 2.05) is 32.0 Å². The molecule has 1 aromatic rings. The first kappa shape index (κ1) is 15.4. The minimum absolute atomic E-state index is 0.110. The molecule has 0 spiro atoms. The van der Waals surface area contributed by atoms with Gasteiger partial charge in [-0.3, -0.25) is 4.79 Å². The summed E-state index contributed by atoms with van der Waals surface area (Å²) in [5.74, 6) is -0.110. The lowest BCUT2D eigenvalue weighted by Gasteiger charge is -2.31. The number of nitriles is 1. The number of nitrogens with one attached hydrogen (secondary N) is 2. The number of para-hydroxylation sites is 1. The summed E-state index contributed by atoms with van der Waals surface area (Å²) in [6.07, 6.45) is 4.70. The molecule has 1 aliphatic carbocycles. The van der Waals surface area contributed by atoms with Crippen LogP contribution in [0.15, 0.2) is 18.2 Å². The summed E-state index contributed by atoms with van der Waals surface area (Å²) in [6, 6.07) is 8.35. The van der Waals surface area contributed by atoms with E-state index in [0.717, 1.165) is 48.9 Å². The fourth-order valence-electron chi connectivity index (χ4n) is 2.99. The van der Waals surface area contributed by atoms with Gasteiger partial charge in [0, 0.05) is 5.69 Å². The van der Waals surface area contributed by atoms with E-state index in [2.05, 4.69) is 16.7 Å². The fraction of sp³-hybridized carbons (Fsp3) is 0.529. The van der Waals surface area contributed by atoms with Crippen LogP contribution in [0.25, 0.3) is 0 Å². The highest BCUT2D eigenvalue weighted by molar-refractivity contribution is 5.82. The van der Waals surface area contributed by atoms with Crippen molar-refractivity contribution in [3.05, 3.63) is 29.3 Å². The van der Waals surface area contributed by atoms with E-state index in [1.165, 1.54) is 0 Å². The summed E-state index contributed by atoms with van der Waals surface area (Å²) < 4.78 is 0. The molecule has 0 radical (unpaired) electrons. The summed E-state index contributed by atoms with van der Waals surface area (Å²) in [7, 11) is 0.